The van der Waals surface area contributed by atoms with Gasteiger partial charge in [0.1, 0.15) is 12.7 Å². The van der Waals surface area contributed by atoms with Crippen molar-refractivity contribution in [1.82, 2.24) is 69.4 Å². The Labute approximate surface area is 438 Å². The van der Waals surface area contributed by atoms with Crippen molar-refractivity contribution < 1.29 is 35.8 Å². The van der Waals surface area contributed by atoms with E-state index < -0.39 is 30.5 Å². The third kappa shape index (κ3) is 11.2. The molecule has 1 unspecified atom stereocenters. The predicted octanol–water partition coefficient (Wildman–Crippen LogP) is 4.50. The van der Waals surface area contributed by atoms with Crippen LogP contribution in [0.5, 0.6) is 23.5 Å². The highest BCUT2D eigenvalue weighted by atomic mass is 32.2. The highest BCUT2D eigenvalue weighted by Crippen LogP contribution is 2.37. The normalized spacial score (nSPS) is 15.8. The highest BCUT2D eigenvalue weighted by molar-refractivity contribution is 7.93. The minimum Gasteiger partial charge on any atom is -0.479 e. The molecule has 76 heavy (non-hydrogen) atoms. The number of ether oxygens (including phenoxy) is 4. The van der Waals surface area contributed by atoms with Gasteiger partial charge in [-0.15, -0.1) is 20.4 Å². The zero-order chi connectivity index (χ0) is 53.4. The molecule has 26 nitrogen and oxygen atoms in total. The van der Waals surface area contributed by atoms with Crippen LogP contribution in [0.1, 0.15) is 36.8 Å². The number of anilines is 4. The summed E-state index contributed by atoms with van der Waals surface area (Å²) in [4.78, 5) is 38.0. The van der Waals surface area contributed by atoms with Crippen molar-refractivity contribution in [2.24, 2.45) is 0 Å². The van der Waals surface area contributed by atoms with Crippen LogP contribution in [-0.4, -0.2) is 151 Å². The lowest BCUT2D eigenvalue weighted by molar-refractivity contribution is 0.368. The number of aromatic nitrogens is 14. The number of rotatable bonds is 16. The summed E-state index contributed by atoms with van der Waals surface area (Å²) in [6.45, 7) is 5.61. The van der Waals surface area contributed by atoms with Crippen LogP contribution in [-0.2, 0) is 20.0 Å². The van der Waals surface area contributed by atoms with E-state index in [1.165, 1.54) is 50.2 Å². The van der Waals surface area contributed by atoms with Gasteiger partial charge in [-0.05, 0) is 50.7 Å². The van der Waals surface area contributed by atoms with Gasteiger partial charge in [0, 0.05) is 62.1 Å². The van der Waals surface area contributed by atoms with Crippen LogP contribution >= 0.6 is 0 Å². The Hall–Kier alpha value is -8.66. The maximum absolute atomic E-state index is 13.7. The second-order valence-electron chi connectivity index (χ2n) is 17.4. The average molecular weight is 1080 g/mol. The number of methoxy groups -OCH3 is 4. The molecule has 28 heteroatoms. The maximum Gasteiger partial charge on any atom is 0.245 e. The molecule has 6 aromatic heterocycles. The number of benzene rings is 2. The molecule has 2 saturated heterocycles. The van der Waals surface area contributed by atoms with Crippen molar-refractivity contribution >= 4 is 43.8 Å². The van der Waals surface area contributed by atoms with E-state index in [9.17, 15) is 16.8 Å². The van der Waals surface area contributed by atoms with Crippen LogP contribution in [0.3, 0.4) is 0 Å². The van der Waals surface area contributed by atoms with Gasteiger partial charge in [-0.1, -0.05) is 60.7 Å². The first-order valence-corrected chi connectivity index (χ1v) is 26.9. The summed E-state index contributed by atoms with van der Waals surface area (Å²) in [6, 6.07) is 18.5. The molecule has 8 aromatic rings. The number of nitrogens with one attached hydrogen (secondary N) is 2. The molecule has 0 radical (unpaired) electrons. The van der Waals surface area contributed by atoms with Gasteiger partial charge in [0.25, 0.3) is 0 Å². The number of aryl methyl sites for hydroxylation is 2. The molecule has 0 amide bonds. The standard InChI is InChI=1S/2C24H27N9O4S/c2*1-16-12-25-23(26-13-16)32-11-7-10-18(14-32)38(34,35)31-24-30-29-20(17-8-5-4-6-9-17)33(24)19-21(36-2)27-15-28-22(19)37-3/h2*4-6,8-9,12-13,15,18H,7,10-11,14H2,1-3H3,(H,30,31)/t18-;/m1./s1. The predicted molar refractivity (Wildman–Crippen MR) is 280 cm³/mol. The van der Waals surface area contributed by atoms with E-state index in [1.54, 1.807) is 24.8 Å². The monoisotopic (exact) mass is 1070 g/mol. The molecule has 2 aromatic carbocycles. The van der Waals surface area contributed by atoms with E-state index in [0.29, 0.717) is 73.4 Å². The van der Waals surface area contributed by atoms with E-state index >= 15 is 0 Å². The fourth-order valence-electron chi connectivity index (χ4n) is 8.61. The van der Waals surface area contributed by atoms with Crippen molar-refractivity contribution in [2.45, 2.75) is 50.0 Å². The van der Waals surface area contributed by atoms with Crippen molar-refractivity contribution in [3.8, 4) is 57.7 Å². The Morgan fingerprint density at radius 3 is 1.16 bits per heavy atom. The number of hydrogen-bond acceptors (Lipinski definition) is 22. The summed E-state index contributed by atoms with van der Waals surface area (Å²) < 4.78 is 84.9. The largest absolute Gasteiger partial charge is 0.479 e. The van der Waals surface area contributed by atoms with Gasteiger partial charge in [-0.25, -0.2) is 36.8 Å². The van der Waals surface area contributed by atoms with E-state index in [0.717, 1.165) is 11.1 Å². The van der Waals surface area contributed by atoms with Gasteiger partial charge >= 0.3 is 0 Å². The SMILES string of the molecule is COc1ncnc(OC)c1-n1c(NS(=O)(=O)C2CCCN(c3ncc(C)cn3)C2)nnc1-c1ccccc1.COc1ncnc(OC)c1-n1c(NS(=O)(=O)[C@@H]2CCCN(c3ncc(C)cn3)C2)nnc1-c1ccccc1. The van der Waals surface area contributed by atoms with Crippen molar-refractivity contribution in [1.29, 1.82) is 0 Å². The first-order chi connectivity index (χ1) is 36.8. The Morgan fingerprint density at radius 1 is 0.487 bits per heavy atom. The summed E-state index contributed by atoms with van der Waals surface area (Å²) in [6.07, 6.45) is 11.7. The van der Waals surface area contributed by atoms with Gasteiger partial charge in [0.05, 0.1) is 38.9 Å². The van der Waals surface area contributed by atoms with Crippen LogP contribution in [0, 0.1) is 13.8 Å². The Kier molecular flexibility index (Phi) is 15.7. The third-order valence-corrected chi connectivity index (χ3v) is 15.8. The fourth-order valence-corrected chi connectivity index (χ4v) is 11.4. The molecule has 0 saturated carbocycles. The van der Waals surface area contributed by atoms with Crippen molar-refractivity contribution in [2.75, 3.05) is 73.9 Å². The molecule has 2 aliphatic heterocycles. The molecule has 0 aliphatic carbocycles. The van der Waals surface area contributed by atoms with Gasteiger partial charge in [0.2, 0.25) is 67.4 Å². The molecule has 2 atom stereocenters. The Bertz CT molecular complexity index is 3210. The maximum atomic E-state index is 13.7. The van der Waals surface area contributed by atoms with E-state index in [2.05, 4.69) is 69.7 Å². The quantitative estimate of drug-likeness (QED) is 0.135. The lowest BCUT2D eigenvalue weighted by Gasteiger charge is -2.32. The molecule has 0 spiro atoms. The summed E-state index contributed by atoms with van der Waals surface area (Å²) in [5.41, 5.74) is 3.77. The molecule has 2 N–H and O–H groups in total. The summed E-state index contributed by atoms with van der Waals surface area (Å²) in [5, 5.41) is 15.5. The first kappa shape index (κ1) is 52.2. The topological polar surface area (TPSA) is 300 Å². The Morgan fingerprint density at radius 2 is 0.829 bits per heavy atom. The van der Waals surface area contributed by atoms with Crippen molar-refractivity contribution in [3.05, 3.63) is 109 Å². The zero-order valence-corrected chi connectivity index (χ0v) is 43.9. The van der Waals surface area contributed by atoms with Crippen LogP contribution in [0.15, 0.2) is 98.1 Å². The smallest absolute Gasteiger partial charge is 0.245 e. The van der Waals surface area contributed by atoms with Crippen LogP contribution < -0.4 is 38.2 Å². The van der Waals surface area contributed by atoms with Crippen LogP contribution in [0.2, 0.25) is 0 Å². The molecule has 10 rings (SSSR count). The number of hydrogen-bond donors (Lipinski definition) is 2. The molecule has 2 aliphatic rings. The lowest BCUT2D eigenvalue weighted by atomic mass is 10.1. The Balaban J connectivity index is 0.000000186. The second kappa shape index (κ2) is 22.8. The first-order valence-electron chi connectivity index (χ1n) is 23.8. The molecule has 0 bridgehead atoms. The van der Waals surface area contributed by atoms with Gasteiger partial charge in [-0.2, -0.15) is 19.9 Å². The average Bonchev–Trinajstić information content (AvgIpc) is 4.06. The second-order valence-corrected chi connectivity index (χ2v) is 21.3. The minimum atomic E-state index is -3.92. The van der Waals surface area contributed by atoms with Gasteiger partial charge < -0.3 is 28.7 Å². The molecular weight excluding hydrogens is 1020 g/mol. The van der Waals surface area contributed by atoms with Crippen LogP contribution in [0.25, 0.3) is 34.2 Å². The van der Waals surface area contributed by atoms with Crippen molar-refractivity contribution in [3.63, 3.8) is 0 Å². The number of sulfonamides is 2. The van der Waals surface area contributed by atoms with E-state index in [-0.39, 0.29) is 59.9 Å². The molecule has 8 heterocycles. The third-order valence-electron chi connectivity index (χ3n) is 12.3. The lowest BCUT2D eigenvalue weighted by Crippen LogP contribution is -2.45. The van der Waals surface area contributed by atoms with E-state index in [1.807, 2.05) is 84.3 Å². The number of nitrogens with zero attached hydrogens (tertiary/aromatic N) is 16. The fraction of sp³-hybridized carbons (Fsp3) is 0.333. The van der Waals surface area contributed by atoms with E-state index in [4.69, 9.17) is 18.9 Å². The summed E-state index contributed by atoms with van der Waals surface area (Å²) >= 11 is 0. The summed E-state index contributed by atoms with van der Waals surface area (Å²) in [7, 11) is -2.03. The molecule has 2 fully saturated rings. The molecule has 396 valence electrons. The minimum absolute atomic E-state index is 0.0426. The van der Waals surface area contributed by atoms with Crippen LogP contribution in [0.4, 0.5) is 23.8 Å². The zero-order valence-electron chi connectivity index (χ0n) is 42.3. The van der Waals surface area contributed by atoms with Gasteiger partial charge in [-0.3, -0.25) is 18.6 Å². The highest BCUT2D eigenvalue weighted by Gasteiger charge is 2.36. The molecular formula is C48H54N18O8S2. The summed E-state index contributed by atoms with van der Waals surface area (Å²) in [5.74, 6) is 2.27. The number of piperidine rings is 2. The van der Waals surface area contributed by atoms with Gasteiger partial charge in [0.15, 0.2) is 23.0 Å².